The second kappa shape index (κ2) is 8.30. The first kappa shape index (κ1) is 17.0. The lowest BCUT2D eigenvalue weighted by atomic mass is 9.79. The molecule has 0 amide bonds. The molecule has 0 radical (unpaired) electrons. The molecule has 1 unspecified atom stereocenters. The smallest absolute Gasteiger partial charge is 0.0283 e. The molecule has 1 atom stereocenters. The van der Waals surface area contributed by atoms with E-state index in [1.807, 2.05) is 0 Å². The Bertz CT molecular complexity index is 693. The van der Waals surface area contributed by atoms with Gasteiger partial charge in [0, 0.05) is 11.2 Å². The molecule has 0 nitrogen and oxygen atoms in total. The molecule has 3 rings (SSSR count). The lowest BCUT2D eigenvalue weighted by molar-refractivity contribution is 0.509. The zero-order chi connectivity index (χ0) is 16.8. The third-order valence-corrected chi connectivity index (χ3v) is 5.27. The average Bonchev–Trinajstić information content (AvgIpc) is 2.64. The van der Waals surface area contributed by atoms with Crippen molar-refractivity contribution >= 4 is 15.9 Å². The van der Waals surface area contributed by atoms with Crippen LogP contribution in [0.4, 0.5) is 0 Å². The molecule has 0 heterocycles. The number of benzene rings is 3. The molecule has 0 spiro atoms. The van der Waals surface area contributed by atoms with Gasteiger partial charge in [0.05, 0.1) is 0 Å². The van der Waals surface area contributed by atoms with Crippen molar-refractivity contribution in [1.29, 1.82) is 0 Å². The molecule has 0 saturated carbocycles. The summed E-state index contributed by atoms with van der Waals surface area (Å²) >= 11 is 3.52. The van der Waals surface area contributed by atoms with E-state index in [0.717, 1.165) is 11.8 Å². The Labute approximate surface area is 153 Å². The van der Waals surface area contributed by atoms with Gasteiger partial charge in [0.1, 0.15) is 0 Å². The molecule has 1 heteroatoms. The van der Waals surface area contributed by atoms with E-state index in [2.05, 4.69) is 108 Å². The minimum Gasteiger partial charge on any atom is -0.0876 e. The lowest BCUT2D eigenvalue weighted by Gasteiger charge is -2.25. The predicted octanol–water partition coefficient (Wildman–Crippen LogP) is 6.59. The van der Waals surface area contributed by atoms with Gasteiger partial charge in [0.15, 0.2) is 0 Å². The molecule has 3 aromatic carbocycles. The summed E-state index contributed by atoms with van der Waals surface area (Å²) in [6, 6.07) is 30.7. The normalized spacial score (nSPS) is 12.3. The molecule has 0 aliphatic rings. The number of alkyl halides is 1. The average molecular weight is 379 g/mol. The van der Waals surface area contributed by atoms with Gasteiger partial charge in [-0.15, -0.1) is 0 Å². The molecule has 0 bridgehead atoms. The predicted molar refractivity (Wildman–Crippen MR) is 107 cm³/mol. The monoisotopic (exact) mass is 378 g/mol. The third kappa shape index (κ3) is 4.15. The molecule has 24 heavy (non-hydrogen) atoms. The van der Waals surface area contributed by atoms with Gasteiger partial charge in [-0.2, -0.15) is 0 Å². The third-order valence-electron chi connectivity index (χ3n) is 4.62. The van der Waals surface area contributed by atoms with E-state index < -0.39 is 0 Å². The first-order valence-corrected chi connectivity index (χ1v) is 9.63. The molecular weight excluding hydrogens is 356 g/mol. The summed E-state index contributed by atoms with van der Waals surface area (Å²) in [5.74, 6) is 0.952. The lowest BCUT2D eigenvalue weighted by Crippen LogP contribution is -2.14. The molecule has 3 aromatic rings. The summed E-state index contributed by atoms with van der Waals surface area (Å²) in [7, 11) is 0. The largest absolute Gasteiger partial charge is 0.0876 e. The van der Waals surface area contributed by atoms with Gasteiger partial charge in [0.25, 0.3) is 0 Å². The summed E-state index contributed by atoms with van der Waals surface area (Å²) in [4.78, 5) is 0. The molecule has 122 valence electrons. The van der Waals surface area contributed by atoms with E-state index in [1.165, 1.54) is 22.3 Å². The van der Waals surface area contributed by atoms with Crippen LogP contribution < -0.4 is 0 Å². The second-order valence-corrected chi connectivity index (χ2v) is 6.99. The maximum Gasteiger partial charge on any atom is 0.0283 e. The maximum absolute atomic E-state index is 3.52. The van der Waals surface area contributed by atoms with Crippen molar-refractivity contribution in [3.05, 3.63) is 107 Å². The van der Waals surface area contributed by atoms with Gasteiger partial charge in [-0.25, -0.2) is 0 Å². The molecule has 0 N–H and O–H groups in total. The van der Waals surface area contributed by atoms with Crippen LogP contribution in [0, 0.1) is 5.92 Å². The Hall–Kier alpha value is -1.86. The fourth-order valence-corrected chi connectivity index (χ4v) is 3.80. The van der Waals surface area contributed by atoms with Gasteiger partial charge >= 0.3 is 0 Å². The highest BCUT2D eigenvalue weighted by molar-refractivity contribution is 9.08. The van der Waals surface area contributed by atoms with E-state index in [4.69, 9.17) is 0 Å². The number of hydrogen-bond donors (Lipinski definition) is 0. The van der Waals surface area contributed by atoms with E-state index in [0.29, 0.717) is 11.8 Å². The summed E-state index contributed by atoms with van der Waals surface area (Å²) in [6.45, 7) is 2.36. The van der Waals surface area contributed by atoms with Gasteiger partial charge in [-0.1, -0.05) is 108 Å². The van der Waals surface area contributed by atoms with E-state index >= 15 is 0 Å². The van der Waals surface area contributed by atoms with Crippen molar-refractivity contribution in [2.45, 2.75) is 24.6 Å². The highest BCUT2D eigenvalue weighted by Crippen LogP contribution is 2.33. The maximum atomic E-state index is 3.52. The van der Waals surface area contributed by atoms with Crippen LogP contribution in [-0.2, 0) is 11.8 Å². The van der Waals surface area contributed by atoms with Crippen LogP contribution in [0.2, 0.25) is 0 Å². The van der Waals surface area contributed by atoms with Crippen LogP contribution in [0.15, 0.2) is 84.9 Å². The first-order chi connectivity index (χ1) is 11.8. The van der Waals surface area contributed by atoms with Gasteiger partial charge in [0.2, 0.25) is 0 Å². The van der Waals surface area contributed by atoms with E-state index in [-0.39, 0.29) is 0 Å². The van der Waals surface area contributed by atoms with E-state index in [1.54, 1.807) is 0 Å². The minimum absolute atomic E-state index is 0.420. The van der Waals surface area contributed by atoms with Gasteiger partial charge in [-0.05, 0) is 34.6 Å². The van der Waals surface area contributed by atoms with Crippen LogP contribution in [0.3, 0.4) is 0 Å². The standard InChI is InChI=1S/C23H23Br/c1-18(16-19-12-14-20(17-24)15-13-19)23(21-8-4-2-5-9-21)22-10-6-3-7-11-22/h2-15,18,23H,16-17H2,1H3. The van der Waals surface area contributed by atoms with Crippen molar-refractivity contribution in [2.24, 2.45) is 5.92 Å². The second-order valence-electron chi connectivity index (χ2n) is 6.43. The quantitative estimate of drug-likeness (QED) is 0.424. The number of hydrogen-bond acceptors (Lipinski definition) is 0. The molecule has 0 saturated heterocycles. The summed E-state index contributed by atoms with van der Waals surface area (Å²) in [6.07, 6.45) is 1.08. The van der Waals surface area contributed by atoms with Crippen LogP contribution in [0.5, 0.6) is 0 Å². The van der Waals surface area contributed by atoms with Crippen molar-refractivity contribution in [3.8, 4) is 0 Å². The van der Waals surface area contributed by atoms with Crippen LogP contribution >= 0.6 is 15.9 Å². The van der Waals surface area contributed by atoms with Crippen molar-refractivity contribution in [2.75, 3.05) is 0 Å². The Kier molecular flexibility index (Phi) is 5.87. The SMILES string of the molecule is CC(Cc1ccc(CBr)cc1)C(c1ccccc1)c1ccccc1. The number of rotatable bonds is 6. The Morgan fingerprint density at radius 1 is 0.667 bits per heavy atom. The molecule has 0 fully saturated rings. The van der Waals surface area contributed by atoms with Crippen molar-refractivity contribution < 1.29 is 0 Å². The Morgan fingerprint density at radius 2 is 1.12 bits per heavy atom. The number of halogens is 1. The van der Waals surface area contributed by atoms with Gasteiger partial charge < -0.3 is 0 Å². The fourth-order valence-electron chi connectivity index (χ4n) is 3.42. The first-order valence-electron chi connectivity index (χ1n) is 8.51. The summed E-state index contributed by atoms with van der Waals surface area (Å²) in [5.41, 5.74) is 5.53. The molecule has 0 aliphatic heterocycles. The van der Waals surface area contributed by atoms with E-state index in [9.17, 15) is 0 Å². The zero-order valence-corrected chi connectivity index (χ0v) is 15.6. The highest BCUT2D eigenvalue weighted by atomic mass is 79.9. The van der Waals surface area contributed by atoms with Crippen LogP contribution in [0.25, 0.3) is 0 Å². The minimum atomic E-state index is 0.420. The topological polar surface area (TPSA) is 0 Å². The fraction of sp³-hybridized carbons (Fsp3) is 0.217. The van der Waals surface area contributed by atoms with Crippen LogP contribution in [-0.4, -0.2) is 0 Å². The molecular formula is C23H23Br. The van der Waals surface area contributed by atoms with Gasteiger partial charge in [-0.3, -0.25) is 0 Å². The summed E-state index contributed by atoms with van der Waals surface area (Å²) < 4.78 is 0. The Morgan fingerprint density at radius 3 is 1.58 bits per heavy atom. The van der Waals surface area contributed by atoms with Crippen molar-refractivity contribution in [3.63, 3.8) is 0 Å². The van der Waals surface area contributed by atoms with Crippen LogP contribution in [0.1, 0.15) is 35.1 Å². The highest BCUT2D eigenvalue weighted by Gasteiger charge is 2.21. The molecule has 0 aliphatic carbocycles. The Balaban J connectivity index is 1.87. The van der Waals surface area contributed by atoms with Crippen molar-refractivity contribution in [1.82, 2.24) is 0 Å². The zero-order valence-electron chi connectivity index (χ0n) is 14.0. The summed E-state index contributed by atoms with van der Waals surface area (Å²) in [5, 5.41) is 0.916. The molecule has 0 aromatic heterocycles.